The van der Waals surface area contributed by atoms with Gasteiger partial charge in [-0.15, -0.1) is 0 Å². The van der Waals surface area contributed by atoms with Crippen LogP contribution >= 0.6 is 0 Å². The molecule has 0 aromatic heterocycles. The van der Waals surface area contributed by atoms with Crippen LogP contribution in [0.3, 0.4) is 0 Å². The van der Waals surface area contributed by atoms with E-state index in [9.17, 15) is 4.79 Å². The lowest BCUT2D eigenvalue weighted by Crippen LogP contribution is -2.28. The molecule has 1 aliphatic rings. The minimum absolute atomic E-state index is 0.0410. The van der Waals surface area contributed by atoms with Crippen LogP contribution in [0.2, 0.25) is 0 Å². The second-order valence-electron chi connectivity index (χ2n) is 4.44. The maximum absolute atomic E-state index is 11.2. The molecule has 0 aromatic carbocycles. The summed E-state index contributed by atoms with van der Waals surface area (Å²) in [5, 5.41) is 0. The minimum atomic E-state index is -0.0835. The third-order valence-corrected chi connectivity index (χ3v) is 3.18. The highest BCUT2D eigenvalue weighted by Gasteiger charge is 2.23. The molecule has 82 valence electrons. The molecule has 0 amide bonds. The molecule has 1 fully saturated rings. The van der Waals surface area contributed by atoms with Crippen molar-refractivity contribution in [3.8, 4) is 0 Å². The Labute approximate surface area is 86.0 Å². The summed E-state index contributed by atoms with van der Waals surface area (Å²) in [6.07, 6.45) is 5.52. The lowest BCUT2D eigenvalue weighted by Gasteiger charge is -2.27. The van der Waals surface area contributed by atoms with Gasteiger partial charge in [0.2, 0.25) is 0 Å². The fraction of sp³-hybridized carbons (Fsp3) is 0.909. The summed E-state index contributed by atoms with van der Waals surface area (Å²) in [7, 11) is 1.45. The maximum Gasteiger partial charge on any atom is 0.308 e. The molecule has 0 unspecified atom stereocenters. The number of carbonyl (C=O) groups excluding carboxylic acids is 1. The molecule has 0 heterocycles. The number of ether oxygens (including phenoxy) is 1. The molecule has 1 rings (SSSR count). The molecule has 0 aliphatic heterocycles. The first-order chi connectivity index (χ1) is 6.63. The lowest BCUT2D eigenvalue weighted by atomic mass is 9.81. The van der Waals surface area contributed by atoms with Gasteiger partial charge in [-0.3, -0.25) is 4.79 Å². The zero-order valence-corrected chi connectivity index (χ0v) is 9.16. The van der Waals surface area contributed by atoms with Crippen LogP contribution in [0.4, 0.5) is 0 Å². The zero-order chi connectivity index (χ0) is 10.6. The van der Waals surface area contributed by atoms with Crippen molar-refractivity contribution in [2.75, 3.05) is 7.11 Å². The zero-order valence-electron chi connectivity index (χ0n) is 9.16. The van der Waals surface area contributed by atoms with E-state index in [2.05, 4.69) is 0 Å². The molecule has 1 aliphatic carbocycles. The summed E-state index contributed by atoms with van der Waals surface area (Å²) in [6.45, 7) is 1.94. The fourth-order valence-electron chi connectivity index (χ4n) is 2.22. The van der Waals surface area contributed by atoms with E-state index in [1.807, 2.05) is 6.92 Å². The number of rotatable bonds is 3. The lowest BCUT2D eigenvalue weighted by molar-refractivity contribution is -0.145. The number of hydrogen-bond acceptors (Lipinski definition) is 3. The summed E-state index contributed by atoms with van der Waals surface area (Å²) >= 11 is 0. The van der Waals surface area contributed by atoms with E-state index in [0.29, 0.717) is 12.0 Å². The Morgan fingerprint density at radius 2 is 2.00 bits per heavy atom. The van der Waals surface area contributed by atoms with Gasteiger partial charge in [-0.05, 0) is 38.0 Å². The average molecular weight is 199 g/mol. The number of carbonyl (C=O) groups is 1. The van der Waals surface area contributed by atoms with Crippen molar-refractivity contribution in [2.45, 2.75) is 45.1 Å². The van der Waals surface area contributed by atoms with Crippen molar-refractivity contribution in [2.24, 2.45) is 17.6 Å². The van der Waals surface area contributed by atoms with Crippen LogP contribution in [0, 0.1) is 11.8 Å². The van der Waals surface area contributed by atoms with Crippen molar-refractivity contribution in [1.82, 2.24) is 0 Å². The van der Waals surface area contributed by atoms with E-state index in [1.54, 1.807) is 0 Å². The highest BCUT2D eigenvalue weighted by Crippen LogP contribution is 2.28. The van der Waals surface area contributed by atoms with E-state index in [0.717, 1.165) is 19.3 Å². The quantitative estimate of drug-likeness (QED) is 0.704. The van der Waals surface area contributed by atoms with Gasteiger partial charge >= 0.3 is 5.97 Å². The molecule has 14 heavy (non-hydrogen) atoms. The number of methoxy groups -OCH3 is 1. The monoisotopic (exact) mass is 199 g/mol. The Morgan fingerprint density at radius 1 is 1.43 bits per heavy atom. The van der Waals surface area contributed by atoms with Crippen molar-refractivity contribution in [1.29, 1.82) is 0 Å². The van der Waals surface area contributed by atoms with E-state index in [-0.39, 0.29) is 11.9 Å². The normalized spacial score (nSPS) is 29.6. The number of esters is 1. The Bertz CT molecular complexity index is 186. The summed E-state index contributed by atoms with van der Waals surface area (Å²) in [5.41, 5.74) is 5.82. The highest BCUT2D eigenvalue weighted by atomic mass is 16.5. The number of hydrogen-bond donors (Lipinski definition) is 1. The maximum atomic E-state index is 11.2. The first-order valence-corrected chi connectivity index (χ1v) is 5.47. The highest BCUT2D eigenvalue weighted by molar-refractivity contribution is 5.71. The van der Waals surface area contributed by atoms with Gasteiger partial charge in [0.1, 0.15) is 0 Å². The van der Waals surface area contributed by atoms with Gasteiger partial charge in [0.25, 0.3) is 0 Å². The van der Waals surface area contributed by atoms with Crippen LogP contribution in [-0.4, -0.2) is 19.1 Å². The third kappa shape index (κ3) is 3.29. The SMILES string of the molecule is COC(=O)[C@@H](C)CC1CCC(N)CC1. The van der Waals surface area contributed by atoms with Crippen LogP contribution in [0.5, 0.6) is 0 Å². The summed E-state index contributed by atoms with van der Waals surface area (Å²) in [6, 6.07) is 0.389. The molecule has 3 heteroatoms. The van der Waals surface area contributed by atoms with Gasteiger partial charge in [-0.25, -0.2) is 0 Å². The van der Waals surface area contributed by atoms with Crippen molar-refractivity contribution in [3.63, 3.8) is 0 Å². The van der Waals surface area contributed by atoms with Crippen LogP contribution in [-0.2, 0) is 9.53 Å². The van der Waals surface area contributed by atoms with Gasteiger partial charge < -0.3 is 10.5 Å². The first-order valence-electron chi connectivity index (χ1n) is 5.47. The van der Waals surface area contributed by atoms with Crippen molar-refractivity contribution in [3.05, 3.63) is 0 Å². The van der Waals surface area contributed by atoms with Crippen LogP contribution in [0.1, 0.15) is 39.0 Å². The third-order valence-electron chi connectivity index (χ3n) is 3.18. The van der Waals surface area contributed by atoms with Crippen LogP contribution < -0.4 is 5.73 Å². The second kappa shape index (κ2) is 5.35. The Kier molecular flexibility index (Phi) is 4.39. The first kappa shape index (κ1) is 11.5. The molecule has 1 atom stereocenters. The van der Waals surface area contributed by atoms with Gasteiger partial charge in [0, 0.05) is 6.04 Å². The molecule has 0 aromatic rings. The predicted octanol–water partition coefficient (Wildman–Crippen LogP) is 1.70. The topological polar surface area (TPSA) is 52.3 Å². The predicted molar refractivity (Wildman–Crippen MR) is 55.7 cm³/mol. The molecule has 0 bridgehead atoms. The molecule has 2 N–H and O–H groups in total. The molecule has 1 saturated carbocycles. The Hall–Kier alpha value is -0.570. The minimum Gasteiger partial charge on any atom is -0.469 e. The Morgan fingerprint density at radius 3 is 2.50 bits per heavy atom. The van der Waals surface area contributed by atoms with E-state index >= 15 is 0 Å². The van der Waals surface area contributed by atoms with Gasteiger partial charge in [0.05, 0.1) is 13.0 Å². The Balaban J connectivity index is 2.27. The molecule has 0 saturated heterocycles. The summed E-state index contributed by atoms with van der Waals surface area (Å²) in [4.78, 5) is 11.2. The fourth-order valence-corrected chi connectivity index (χ4v) is 2.22. The standard InChI is InChI=1S/C11H21NO2/c1-8(11(13)14-2)7-9-3-5-10(12)6-4-9/h8-10H,3-7,12H2,1-2H3/t8-,9?,10?/m0/s1. The van der Waals surface area contributed by atoms with Gasteiger partial charge in [-0.2, -0.15) is 0 Å². The molecule has 0 spiro atoms. The summed E-state index contributed by atoms with van der Waals surface area (Å²) < 4.78 is 4.71. The van der Waals surface area contributed by atoms with Gasteiger partial charge in [0.15, 0.2) is 0 Å². The average Bonchev–Trinajstić information content (AvgIpc) is 2.20. The molecule has 0 radical (unpaired) electrons. The molecular formula is C11H21NO2. The number of nitrogens with two attached hydrogens (primary N) is 1. The van der Waals surface area contributed by atoms with Crippen LogP contribution in [0.15, 0.2) is 0 Å². The van der Waals surface area contributed by atoms with E-state index in [4.69, 9.17) is 10.5 Å². The largest absolute Gasteiger partial charge is 0.469 e. The van der Waals surface area contributed by atoms with Crippen LogP contribution in [0.25, 0.3) is 0 Å². The molecular weight excluding hydrogens is 178 g/mol. The summed E-state index contributed by atoms with van der Waals surface area (Å²) in [5.74, 6) is 0.628. The van der Waals surface area contributed by atoms with E-state index < -0.39 is 0 Å². The second-order valence-corrected chi connectivity index (χ2v) is 4.44. The van der Waals surface area contributed by atoms with Gasteiger partial charge in [-0.1, -0.05) is 6.92 Å². The smallest absolute Gasteiger partial charge is 0.308 e. The van der Waals surface area contributed by atoms with Crippen molar-refractivity contribution < 1.29 is 9.53 Å². The van der Waals surface area contributed by atoms with Crippen molar-refractivity contribution >= 4 is 5.97 Å². The van der Waals surface area contributed by atoms with E-state index in [1.165, 1.54) is 20.0 Å². The molecule has 3 nitrogen and oxygen atoms in total.